The van der Waals surface area contributed by atoms with Crippen LogP contribution >= 0.6 is 11.6 Å². The monoisotopic (exact) mass is 636 g/mol. The second-order valence-corrected chi connectivity index (χ2v) is 25.4. The summed E-state index contributed by atoms with van der Waals surface area (Å²) in [6.45, 7) is 7.45. The third-order valence-electron chi connectivity index (χ3n) is 7.50. The van der Waals surface area contributed by atoms with Crippen LogP contribution in [0, 0.1) is 0 Å². The molecule has 0 spiro atoms. The van der Waals surface area contributed by atoms with E-state index in [1.54, 1.807) is 16.7 Å². The fourth-order valence-electron chi connectivity index (χ4n) is 6.09. The first-order valence-electron chi connectivity index (χ1n) is 12.6. The van der Waals surface area contributed by atoms with Gasteiger partial charge in [0.25, 0.3) is 0 Å². The quantitative estimate of drug-likeness (QED) is 0.295. The average Bonchev–Trinajstić information content (AvgIpc) is 3.40. The van der Waals surface area contributed by atoms with E-state index in [0.29, 0.717) is 9.54 Å². The van der Waals surface area contributed by atoms with Crippen LogP contribution in [0.4, 0.5) is 0 Å². The smallest absolute Gasteiger partial charge is 1.00 e. The number of allylic oxidation sites excluding steroid dienone is 1. The van der Waals surface area contributed by atoms with Gasteiger partial charge >= 0.3 is 228 Å². The molecule has 0 saturated heterocycles. The van der Waals surface area contributed by atoms with Crippen molar-refractivity contribution in [3.05, 3.63) is 123 Å². The normalized spacial score (nSPS) is 16.6. The Hall–Kier alpha value is -1.41. The predicted octanol–water partition coefficient (Wildman–Crippen LogP) is 3.09. The topological polar surface area (TPSA) is 0 Å². The van der Waals surface area contributed by atoms with Crippen molar-refractivity contribution in [3.63, 3.8) is 0 Å². The Morgan fingerprint density at radius 2 is 1.41 bits per heavy atom. The van der Waals surface area contributed by atoms with E-state index in [4.69, 9.17) is 11.6 Å². The van der Waals surface area contributed by atoms with E-state index in [0.717, 1.165) is 11.4 Å². The fraction of sp³-hybridized carbons (Fsp3) is 0.188. The van der Waals surface area contributed by atoms with E-state index >= 15 is 0 Å². The molecule has 0 amide bonds. The van der Waals surface area contributed by atoms with Gasteiger partial charge in [-0.2, -0.15) is 0 Å². The molecule has 2 aliphatic rings. The van der Waals surface area contributed by atoms with Crippen molar-refractivity contribution in [1.82, 2.24) is 0 Å². The third-order valence-corrected chi connectivity index (χ3v) is 17.6. The summed E-state index contributed by atoms with van der Waals surface area (Å²) < 4.78 is 0.686. The first kappa shape index (κ1) is 28.6. The molecule has 0 N–H and O–H groups in total. The van der Waals surface area contributed by atoms with Crippen LogP contribution in [0.2, 0.25) is 18.1 Å². The number of hydrogen-bond donors (Lipinski definition) is 0. The number of fused-ring (bicyclic) bond motifs is 4. The first-order chi connectivity index (χ1) is 17.1. The minimum atomic E-state index is -0.597. The molecule has 4 aromatic rings. The van der Waals surface area contributed by atoms with Crippen molar-refractivity contribution >= 4 is 23.6 Å². The Morgan fingerprint density at radius 1 is 0.757 bits per heavy atom. The van der Waals surface area contributed by atoms with Gasteiger partial charge in [-0.15, -0.1) is 0 Å². The van der Waals surface area contributed by atoms with Crippen LogP contribution in [0.3, 0.4) is 0 Å². The summed E-state index contributed by atoms with van der Waals surface area (Å²) in [7, 11) is 0. The minimum absolute atomic E-state index is 0. The standard InChI is InChI=1S/C30H22Cl.C2H7Si.2ClH.Zr/c1-2-19-17-28-24(20-9-5-10-22(31)16-20)12-6-14-26(28)30(19)27-15-7-13-25-23-11-4-3-8-21(23)18-29(25)27;1-3-2;;;/h3-18,30H,2H2,1H3;3H,1-2H3;2*1H;/q;;;;+2/p-2. The second kappa shape index (κ2) is 11.8. The second-order valence-electron chi connectivity index (χ2n) is 9.97. The van der Waals surface area contributed by atoms with Crippen LogP contribution in [-0.4, -0.2) is 5.92 Å². The fourth-order valence-corrected chi connectivity index (χ4v) is 16.2. The molecule has 2 aliphatic carbocycles. The van der Waals surface area contributed by atoms with Crippen LogP contribution in [0.5, 0.6) is 0 Å². The van der Waals surface area contributed by atoms with Crippen molar-refractivity contribution < 1.29 is 47.2 Å². The van der Waals surface area contributed by atoms with Gasteiger partial charge in [-0.1, -0.05) is 0 Å². The number of halogens is 3. The largest absolute Gasteiger partial charge is 1.00 e. The van der Waals surface area contributed by atoms with Gasteiger partial charge in [-0.05, 0) is 0 Å². The molecule has 0 radical (unpaired) electrons. The number of rotatable bonds is 5. The van der Waals surface area contributed by atoms with Crippen molar-refractivity contribution in [3.8, 4) is 22.3 Å². The summed E-state index contributed by atoms with van der Waals surface area (Å²) in [4.78, 5) is 0. The van der Waals surface area contributed by atoms with E-state index < -0.39 is 28.3 Å². The van der Waals surface area contributed by atoms with Crippen LogP contribution in [-0.2, 0) is 22.4 Å². The van der Waals surface area contributed by atoms with Crippen LogP contribution in [0.15, 0.2) is 90.5 Å². The van der Waals surface area contributed by atoms with Gasteiger partial charge in [0.1, 0.15) is 0 Å². The minimum Gasteiger partial charge on any atom is -1.00 e. The van der Waals surface area contributed by atoms with Crippen molar-refractivity contribution in [1.29, 1.82) is 0 Å². The van der Waals surface area contributed by atoms with Gasteiger partial charge < -0.3 is 24.8 Å². The Kier molecular flexibility index (Phi) is 9.09. The van der Waals surface area contributed by atoms with E-state index in [-0.39, 0.29) is 24.8 Å². The summed E-state index contributed by atoms with van der Waals surface area (Å²) in [5.41, 5.74) is 14.6. The number of benzene rings is 4. The number of hydrogen-bond acceptors (Lipinski definition) is 0. The van der Waals surface area contributed by atoms with E-state index in [9.17, 15) is 0 Å². The van der Waals surface area contributed by atoms with E-state index in [1.807, 2.05) is 6.07 Å². The van der Waals surface area contributed by atoms with Crippen LogP contribution < -0.4 is 24.8 Å². The maximum absolute atomic E-state index is 6.38. The molecule has 0 aromatic heterocycles. The maximum atomic E-state index is 6.38. The summed E-state index contributed by atoms with van der Waals surface area (Å²) >= 11 is 5.86. The van der Waals surface area contributed by atoms with E-state index in [1.165, 1.54) is 39.0 Å². The summed E-state index contributed by atoms with van der Waals surface area (Å²) in [6.07, 6.45) is 3.54. The zero-order chi connectivity index (χ0) is 24.1. The molecule has 0 aliphatic heterocycles. The van der Waals surface area contributed by atoms with Gasteiger partial charge in [-0.3, -0.25) is 0 Å². The molecule has 4 aromatic carbocycles. The Bertz CT molecular complexity index is 1480. The molecule has 5 heteroatoms. The molecule has 0 nitrogen and oxygen atoms in total. The molecular weight excluding hydrogens is 610 g/mol. The zero-order valence-electron chi connectivity index (χ0n) is 21.2. The maximum Gasteiger partial charge on any atom is -1.00 e. The average molecular weight is 639 g/mol. The SMILES string of the molecule is CCC1=Cc2c(-c3cccc(Cl)c3)cccc2C1c1cccc2c1[CH]([Zr+2][SiH](C)C)c1ccccc1-2.[Cl-].[Cl-]. The Morgan fingerprint density at radius 3 is 2.14 bits per heavy atom. The molecule has 186 valence electrons. The molecule has 2 atom stereocenters. The molecule has 2 unspecified atom stereocenters. The van der Waals surface area contributed by atoms with Crippen molar-refractivity contribution in [2.24, 2.45) is 0 Å². The third kappa shape index (κ3) is 5.02. The van der Waals surface area contributed by atoms with Gasteiger partial charge in [0.2, 0.25) is 0 Å². The predicted molar refractivity (Wildman–Crippen MR) is 150 cm³/mol. The molecule has 0 bridgehead atoms. The first-order valence-corrected chi connectivity index (χ1v) is 21.6. The summed E-state index contributed by atoms with van der Waals surface area (Å²) in [5.74, 6) is -0.255. The summed E-state index contributed by atoms with van der Waals surface area (Å²) in [6, 6.07) is 31.5. The Balaban J connectivity index is 0.00000160. The van der Waals surface area contributed by atoms with Crippen molar-refractivity contribution in [2.75, 3.05) is 0 Å². The van der Waals surface area contributed by atoms with Crippen molar-refractivity contribution in [2.45, 2.75) is 36.0 Å². The molecule has 0 heterocycles. The summed E-state index contributed by atoms with van der Waals surface area (Å²) in [5, 5.41) is 0.791. The van der Waals surface area contributed by atoms with Gasteiger partial charge in [0.05, 0.1) is 0 Å². The Labute approximate surface area is 250 Å². The molecule has 0 fully saturated rings. The molecular formula is C32H29Cl3SiZr. The molecule has 37 heavy (non-hydrogen) atoms. The van der Waals surface area contributed by atoms with E-state index in [2.05, 4.69) is 105 Å². The van der Waals surface area contributed by atoms with Crippen LogP contribution in [0.25, 0.3) is 28.3 Å². The van der Waals surface area contributed by atoms with Gasteiger partial charge in [-0.25, -0.2) is 0 Å². The van der Waals surface area contributed by atoms with Gasteiger partial charge in [0, 0.05) is 0 Å². The molecule has 6 rings (SSSR count). The van der Waals surface area contributed by atoms with Gasteiger partial charge in [0.15, 0.2) is 0 Å². The molecule has 0 saturated carbocycles. The van der Waals surface area contributed by atoms with Crippen LogP contribution in [0.1, 0.15) is 50.7 Å². The zero-order valence-corrected chi connectivity index (χ0v) is 27.1.